The van der Waals surface area contributed by atoms with E-state index >= 15 is 0 Å². The largest absolute Gasteiger partial charge is 0.698 e. The number of benzene rings is 1. The average Bonchev–Trinajstić information content (AvgIpc) is 2.23. The summed E-state index contributed by atoms with van der Waals surface area (Å²) in [5.74, 6) is 0. The third kappa shape index (κ3) is 2.86. The summed E-state index contributed by atoms with van der Waals surface area (Å²) in [6.07, 6.45) is 9.01. The monoisotopic (exact) mass is 413 g/mol. The van der Waals surface area contributed by atoms with Gasteiger partial charge in [0.15, 0.2) is 0 Å². The zero-order chi connectivity index (χ0) is 9.97. The third-order valence-corrected chi connectivity index (χ3v) is 2.92. The first-order chi connectivity index (χ1) is 6.83. The first-order valence-electron chi connectivity index (χ1n) is 5.32. The summed E-state index contributed by atoms with van der Waals surface area (Å²) in [5.41, 5.74) is 12.6. The quantitative estimate of drug-likeness (QED) is 0.657. The van der Waals surface area contributed by atoms with Crippen LogP contribution in [0.25, 0.3) is 11.8 Å². The van der Waals surface area contributed by atoms with E-state index in [1.807, 2.05) is 13.0 Å². The predicted octanol–water partition coefficient (Wildman–Crippen LogP) is 4.28. The Kier molecular flexibility index (Phi) is 5.36. The van der Waals surface area contributed by atoms with Crippen LogP contribution in [0.2, 0.25) is 0 Å². The van der Waals surface area contributed by atoms with Gasteiger partial charge in [-0.1, -0.05) is 29.8 Å². The number of hydrogen-bond donors (Lipinski definition) is 0. The summed E-state index contributed by atoms with van der Waals surface area (Å²) < 4.78 is 0. The Balaban J connectivity index is 0.00000112. The van der Waals surface area contributed by atoms with Gasteiger partial charge in [-0.05, 0) is 43.7 Å². The molecule has 0 amide bonds. The van der Waals surface area contributed by atoms with Crippen LogP contribution in [0.1, 0.15) is 36.5 Å². The Hall–Kier alpha value is 0.202. The maximum Gasteiger partial charge on any atom is 0 e. The summed E-state index contributed by atoms with van der Waals surface area (Å²) in [5, 5.41) is 0. The van der Waals surface area contributed by atoms with E-state index in [9.17, 15) is 0 Å². The minimum Gasteiger partial charge on any atom is -0.698 e. The van der Waals surface area contributed by atoms with E-state index in [4.69, 9.17) is 5.73 Å². The fraction of sp³-hybridized carbons (Fsp3) is 0.385. The van der Waals surface area contributed by atoms with Crippen molar-refractivity contribution in [2.24, 2.45) is 0 Å². The number of rotatable bonds is 1. The van der Waals surface area contributed by atoms with Crippen molar-refractivity contribution in [3.63, 3.8) is 0 Å². The van der Waals surface area contributed by atoms with Crippen molar-refractivity contribution >= 4 is 11.8 Å². The Morgan fingerprint density at radius 3 is 2.47 bits per heavy atom. The van der Waals surface area contributed by atoms with Crippen molar-refractivity contribution in [3.8, 4) is 0 Å². The van der Waals surface area contributed by atoms with E-state index in [0.717, 1.165) is 18.5 Å². The van der Waals surface area contributed by atoms with Crippen LogP contribution in [-0.2, 0) is 12.8 Å². The Morgan fingerprint density at radius 1 is 1.13 bits per heavy atom. The molecule has 0 saturated heterocycles. The van der Waals surface area contributed by atoms with Crippen molar-refractivity contribution in [3.05, 3.63) is 40.6 Å². The zero-order valence-corrected chi connectivity index (χ0v) is 14.0. The fourth-order valence-electron chi connectivity index (χ4n) is 2.23. The fourth-order valence-corrected chi connectivity index (χ4v) is 2.23. The molecule has 2 heteroatoms. The van der Waals surface area contributed by atoms with E-state index < -0.39 is 0 Å². The van der Waals surface area contributed by atoms with Gasteiger partial charge < -0.3 is 5.73 Å². The number of hydrogen-bond acceptors (Lipinski definition) is 0. The molecule has 1 aromatic rings. The normalized spacial score (nSPS) is 14.7. The molecule has 0 bridgehead atoms. The maximum atomic E-state index is 7.85. The molecule has 1 nitrogen and oxygen atoms in total. The minimum atomic E-state index is 0. The van der Waals surface area contributed by atoms with Crippen molar-refractivity contribution in [1.29, 1.82) is 0 Å². The molecule has 0 aromatic heterocycles. The molecule has 0 heterocycles. The molecule has 0 atom stereocenters. The number of nitrogens with one attached hydrogen (secondary N) is 1. The van der Waals surface area contributed by atoms with Gasteiger partial charge in [0.25, 0.3) is 0 Å². The van der Waals surface area contributed by atoms with Gasteiger partial charge >= 0.3 is 0 Å². The first kappa shape index (κ1) is 13.3. The molecule has 0 aliphatic heterocycles. The molecule has 1 aliphatic carbocycles. The van der Waals surface area contributed by atoms with Gasteiger partial charge in [0, 0.05) is 44.1 Å². The van der Waals surface area contributed by atoms with Gasteiger partial charge in [-0.15, -0.1) is 5.69 Å². The summed E-state index contributed by atoms with van der Waals surface area (Å²) in [6, 6.07) is 4.01. The molecule has 0 fully saturated rings. The van der Waals surface area contributed by atoms with Crippen LogP contribution < -0.4 is 0 Å². The Bertz CT molecular complexity index is 369. The van der Waals surface area contributed by atoms with Gasteiger partial charge in [-0.2, -0.15) is 0 Å². The molecule has 77 valence electrons. The smallest absolute Gasteiger partial charge is 0 e. The molecule has 15 heavy (non-hydrogen) atoms. The molecule has 1 N–H and O–H groups in total. The molecule has 1 aliphatic rings. The summed E-state index contributed by atoms with van der Waals surface area (Å²) in [7, 11) is 0. The van der Waals surface area contributed by atoms with E-state index in [0.29, 0.717) is 0 Å². The molecule has 2 rings (SSSR count). The van der Waals surface area contributed by atoms with Crippen LogP contribution in [-0.4, -0.2) is 0 Å². The van der Waals surface area contributed by atoms with Gasteiger partial charge in [0.05, 0.1) is 0 Å². The zero-order valence-electron chi connectivity index (χ0n) is 9.22. The SMILES string of the molecule is C/C=C/c1ccc([NH-])c2c1CCCC2.[Ac]. The first-order valence-corrected chi connectivity index (χ1v) is 5.32. The molecular weight excluding hydrogens is 397 g/mol. The third-order valence-electron chi connectivity index (χ3n) is 2.92. The van der Waals surface area contributed by atoms with Crippen LogP contribution in [0, 0.1) is 44.1 Å². The Morgan fingerprint density at radius 2 is 1.80 bits per heavy atom. The van der Waals surface area contributed by atoms with Crippen molar-refractivity contribution in [1.82, 2.24) is 0 Å². The van der Waals surface area contributed by atoms with Gasteiger partial charge in [0.1, 0.15) is 0 Å². The molecule has 0 unspecified atom stereocenters. The second-order valence-electron chi connectivity index (χ2n) is 3.87. The summed E-state index contributed by atoms with van der Waals surface area (Å²) >= 11 is 0. The van der Waals surface area contributed by atoms with Crippen LogP contribution in [0.5, 0.6) is 0 Å². The van der Waals surface area contributed by atoms with E-state index in [2.05, 4.69) is 18.2 Å². The second-order valence-corrected chi connectivity index (χ2v) is 3.87. The van der Waals surface area contributed by atoms with Crippen molar-refractivity contribution < 1.29 is 44.1 Å². The second kappa shape index (κ2) is 6.06. The van der Waals surface area contributed by atoms with E-state index in [1.54, 1.807) is 0 Å². The van der Waals surface area contributed by atoms with E-state index in [-0.39, 0.29) is 44.1 Å². The van der Waals surface area contributed by atoms with Crippen LogP contribution in [0.3, 0.4) is 0 Å². The van der Waals surface area contributed by atoms with Gasteiger partial charge in [-0.25, -0.2) is 0 Å². The standard InChI is InChI=1S/C13H16N.Ac/c1-2-5-10-8-9-13(14)12-7-4-3-6-11(10)12;/h2,5,8-9,14H,3-4,6-7H2,1H3;/q-1;/b5-2+;. The number of fused-ring (bicyclic) bond motifs is 1. The van der Waals surface area contributed by atoms with Crippen molar-refractivity contribution in [2.75, 3.05) is 0 Å². The van der Waals surface area contributed by atoms with Crippen LogP contribution in [0.15, 0.2) is 18.2 Å². The van der Waals surface area contributed by atoms with E-state index in [1.165, 1.54) is 29.5 Å². The van der Waals surface area contributed by atoms with Gasteiger partial charge in [0.2, 0.25) is 0 Å². The maximum absolute atomic E-state index is 7.85. The summed E-state index contributed by atoms with van der Waals surface area (Å²) in [6.45, 7) is 2.05. The molecule has 1 radical (unpaired) electrons. The molecular formula is C13H16AcN-. The topological polar surface area (TPSA) is 23.8 Å². The van der Waals surface area contributed by atoms with Crippen LogP contribution >= 0.6 is 0 Å². The van der Waals surface area contributed by atoms with Crippen LogP contribution in [0.4, 0.5) is 5.69 Å². The Labute approximate surface area is 128 Å². The van der Waals surface area contributed by atoms with Crippen molar-refractivity contribution in [2.45, 2.75) is 32.6 Å². The molecule has 0 spiro atoms. The molecule has 1 aromatic carbocycles. The minimum absolute atomic E-state index is 0. The summed E-state index contributed by atoms with van der Waals surface area (Å²) in [4.78, 5) is 0. The predicted molar refractivity (Wildman–Crippen MR) is 61.8 cm³/mol. The molecule has 0 saturated carbocycles. The number of allylic oxidation sites excluding steroid dienone is 1. The van der Waals surface area contributed by atoms with Gasteiger partial charge in [-0.3, -0.25) is 0 Å². The average molecular weight is 413 g/mol.